The van der Waals surface area contributed by atoms with Crippen LogP contribution in [0.3, 0.4) is 0 Å². The zero-order valence-electron chi connectivity index (χ0n) is 13.4. The van der Waals surface area contributed by atoms with Gasteiger partial charge in [0.05, 0.1) is 18.5 Å². The Balaban J connectivity index is 1.91. The van der Waals surface area contributed by atoms with Gasteiger partial charge in [0, 0.05) is 30.6 Å². The Labute approximate surface area is 139 Å². The number of hydrogen-bond donors (Lipinski definition) is 1. The van der Waals surface area contributed by atoms with Gasteiger partial charge in [-0.3, -0.25) is 0 Å². The molecule has 4 rings (SSSR count). The first-order valence-corrected chi connectivity index (χ1v) is 7.99. The minimum Gasteiger partial charge on any atom is -0.496 e. The molecule has 122 valence electrons. The lowest BCUT2D eigenvalue weighted by atomic mass is 10.0. The van der Waals surface area contributed by atoms with Crippen molar-refractivity contribution in [1.29, 1.82) is 0 Å². The topological polar surface area (TPSA) is 39.1 Å². The summed E-state index contributed by atoms with van der Waals surface area (Å²) in [6, 6.07) is 14.3. The van der Waals surface area contributed by atoms with Gasteiger partial charge in [0.25, 0.3) is 0 Å². The molecular formula is C19H18FN3O. The monoisotopic (exact) mass is 323 g/mol. The summed E-state index contributed by atoms with van der Waals surface area (Å²) >= 11 is 0. The summed E-state index contributed by atoms with van der Waals surface area (Å²) in [7, 11) is 1.67. The highest BCUT2D eigenvalue weighted by Crippen LogP contribution is 2.34. The van der Waals surface area contributed by atoms with E-state index in [-0.39, 0.29) is 5.82 Å². The highest BCUT2D eigenvalue weighted by molar-refractivity contribution is 5.71. The molecule has 0 saturated heterocycles. The van der Waals surface area contributed by atoms with E-state index in [4.69, 9.17) is 9.84 Å². The van der Waals surface area contributed by atoms with Crippen LogP contribution in [-0.4, -0.2) is 23.4 Å². The Morgan fingerprint density at radius 3 is 2.71 bits per heavy atom. The summed E-state index contributed by atoms with van der Waals surface area (Å²) in [6.07, 6.45) is 0.884. The summed E-state index contributed by atoms with van der Waals surface area (Å²) in [5.41, 5.74) is 5.10. The van der Waals surface area contributed by atoms with E-state index in [0.717, 1.165) is 42.2 Å². The van der Waals surface area contributed by atoms with E-state index in [2.05, 4.69) is 5.32 Å². The van der Waals surface area contributed by atoms with Gasteiger partial charge < -0.3 is 10.1 Å². The van der Waals surface area contributed by atoms with E-state index >= 15 is 0 Å². The number of nitrogens with one attached hydrogen (secondary N) is 1. The van der Waals surface area contributed by atoms with Crippen molar-refractivity contribution in [2.24, 2.45) is 0 Å². The van der Waals surface area contributed by atoms with Crippen molar-refractivity contribution in [2.75, 3.05) is 13.7 Å². The van der Waals surface area contributed by atoms with Crippen LogP contribution in [0.25, 0.3) is 16.9 Å². The molecule has 24 heavy (non-hydrogen) atoms. The second-order valence-electron chi connectivity index (χ2n) is 5.79. The van der Waals surface area contributed by atoms with Crippen molar-refractivity contribution in [3.8, 4) is 22.7 Å². The SMILES string of the molecule is COc1ccccc1-c1nn(-c2ccc(F)cc2)c2c1CNCC2. The lowest BCUT2D eigenvalue weighted by Crippen LogP contribution is -2.24. The van der Waals surface area contributed by atoms with E-state index < -0.39 is 0 Å². The molecule has 0 unspecified atom stereocenters. The van der Waals surface area contributed by atoms with Crippen LogP contribution in [0.2, 0.25) is 0 Å². The molecule has 0 fully saturated rings. The van der Waals surface area contributed by atoms with E-state index in [1.54, 1.807) is 19.2 Å². The maximum Gasteiger partial charge on any atom is 0.128 e. The summed E-state index contributed by atoms with van der Waals surface area (Å²) in [5, 5.41) is 8.25. The molecule has 0 aliphatic carbocycles. The normalized spacial score (nSPS) is 13.6. The fourth-order valence-corrected chi connectivity index (χ4v) is 3.20. The van der Waals surface area contributed by atoms with Gasteiger partial charge in [-0.25, -0.2) is 9.07 Å². The number of hydrogen-bond acceptors (Lipinski definition) is 3. The molecule has 1 aromatic heterocycles. The minimum atomic E-state index is -0.244. The Kier molecular flexibility index (Phi) is 3.78. The van der Waals surface area contributed by atoms with E-state index in [0.29, 0.717) is 0 Å². The van der Waals surface area contributed by atoms with Crippen molar-refractivity contribution in [1.82, 2.24) is 15.1 Å². The molecule has 2 aromatic carbocycles. The van der Waals surface area contributed by atoms with Gasteiger partial charge in [-0.1, -0.05) is 12.1 Å². The molecule has 1 aliphatic rings. The van der Waals surface area contributed by atoms with Gasteiger partial charge in [0.1, 0.15) is 17.3 Å². The quantitative estimate of drug-likeness (QED) is 0.803. The third-order valence-electron chi connectivity index (χ3n) is 4.36. The van der Waals surface area contributed by atoms with Gasteiger partial charge >= 0.3 is 0 Å². The Bertz CT molecular complexity index is 871. The molecule has 0 spiro atoms. The highest BCUT2D eigenvalue weighted by atomic mass is 19.1. The van der Waals surface area contributed by atoms with Crippen LogP contribution in [-0.2, 0) is 13.0 Å². The second-order valence-corrected chi connectivity index (χ2v) is 5.79. The first kappa shape index (κ1) is 14.9. The maximum absolute atomic E-state index is 13.3. The zero-order chi connectivity index (χ0) is 16.5. The van der Waals surface area contributed by atoms with Crippen LogP contribution in [0.4, 0.5) is 4.39 Å². The molecule has 0 radical (unpaired) electrons. The number of nitrogens with zero attached hydrogens (tertiary/aromatic N) is 2. The molecule has 0 atom stereocenters. The van der Waals surface area contributed by atoms with Gasteiger partial charge in [-0.2, -0.15) is 5.10 Å². The predicted molar refractivity (Wildman–Crippen MR) is 90.9 cm³/mol. The third kappa shape index (κ3) is 2.47. The van der Waals surface area contributed by atoms with Crippen molar-refractivity contribution < 1.29 is 9.13 Å². The molecule has 4 nitrogen and oxygen atoms in total. The average molecular weight is 323 g/mol. The number of ether oxygens (including phenoxy) is 1. The van der Waals surface area contributed by atoms with E-state index in [1.165, 1.54) is 23.4 Å². The van der Waals surface area contributed by atoms with Crippen LogP contribution in [0.1, 0.15) is 11.3 Å². The van der Waals surface area contributed by atoms with Crippen LogP contribution >= 0.6 is 0 Å². The fourth-order valence-electron chi connectivity index (χ4n) is 3.20. The van der Waals surface area contributed by atoms with Gasteiger partial charge in [-0.15, -0.1) is 0 Å². The summed E-state index contributed by atoms with van der Waals surface area (Å²) in [6.45, 7) is 1.68. The van der Waals surface area contributed by atoms with Crippen LogP contribution in [0.15, 0.2) is 48.5 Å². The van der Waals surface area contributed by atoms with Gasteiger partial charge in [-0.05, 0) is 36.4 Å². The van der Waals surface area contributed by atoms with E-state index in [1.807, 2.05) is 28.9 Å². The smallest absolute Gasteiger partial charge is 0.128 e. The Morgan fingerprint density at radius 1 is 1.12 bits per heavy atom. The average Bonchev–Trinajstić information content (AvgIpc) is 3.02. The van der Waals surface area contributed by atoms with Gasteiger partial charge in [0.2, 0.25) is 0 Å². The number of methoxy groups -OCH3 is 1. The van der Waals surface area contributed by atoms with Crippen molar-refractivity contribution in [3.05, 3.63) is 65.6 Å². The van der Waals surface area contributed by atoms with Crippen molar-refractivity contribution in [2.45, 2.75) is 13.0 Å². The molecule has 1 aliphatic heterocycles. The number of rotatable bonds is 3. The molecule has 0 amide bonds. The summed E-state index contributed by atoms with van der Waals surface area (Å²) in [4.78, 5) is 0. The van der Waals surface area contributed by atoms with E-state index in [9.17, 15) is 4.39 Å². The molecule has 5 heteroatoms. The van der Waals surface area contributed by atoms with Crippen LogP contribution in [0, 0.1) is 5.82 Å². The summed E-state index contributed by atoms with van der Waals surface area (Å²) in [5.74, 6) is 0.557. The number of para-hydroxylation sites is 1. The number of halogens is 1. The Hall–Kier alpha value is -2.66. The third-order valence-corrected chi connectivity index (χ3v) is 4.36. The molecule has 0 saturated carbocycles. The zero-order valence-corrected chi connectivity index (χ0v) is 13.4. The van der Waals surface area contributed by atoms with Gasteiger partial charge in [0.15, 0.2) is 0 Å². The number of fused-ring (bicyclic) bond motifs is 1. The molecule has 0 bridgehead atoms. The summed E-state index contributed by atoms with van der Waals surface area (Å²) < 4.78 is 20.7. The minimum absolute atomic E-state index is 0.244. The lowest BCUT2D eigenvalue weighted by Gasteiger charge is -2.16. The van der Waals surface area contributed by atoms with Crippen LogP contribution in [0.5, 0.6) is 5.75 Å². The molecular weight excluding hydrogens is 305 g/mol. The number of benzene rings is 2. The fraction of sp³-hybridized carbons (Fsp3) is 0.211. The van der Waals surface area contributed by atoms with Crippen LogP contribution < -0.4 is 10.1 Å². The lowest BCUT2D eigenvalue weighted by molar-refractivity contribution is 0.416. The second kappa shape index (κ2) is 6.09. The largest absolute Gasteiger partial charge is 0.496 e. The number of aromatic nitrogens is 2. The van der Waals surface area contributed by atoms with Crippen molar-refractivity contribution >= 4 is 0 Å². The molecule has 1 N–H and O–H groups in total. The first-order chi connectivity index (χ1) is 11.8. The highest BCUT2D eigenvalue weighted by Gasteiger charge is 2.23. The molecule has 2 heterocycles. The first-order valence-electron chi connectivity index (χ1n) is 7.99. The van der Waals surface area contributed by atoms with Crippen molar-refractivity contribution in [3.63, 3.8) is 0 Å². The maximum atomic E-state index is 13.3. The standard InChI is InChI=1S/C19H18FN3O/c1-24-18-5-3-2-4-15(18)19-16-12-21-11-10-17(16)23(22-19)14-8-6-13(20)7-9-14/h2-9,21H,10-12H2,1H3. The predicted octanol–water partition coefficient (Wildman–Crippen LogP) is 3.33. The Morgan fingerprint density at radius 2 is 1.92 bits per heavy atom. The molecule has 3 aromatic rings.